The quantitative estimate of drug-likeness (QED) is 0.455. The second kappa shape index (κ2) is 10.4. The highest BCUT2D eigenvalue weighted by Gasteiger charge is 2.36. The largest absolute Gasteiger partial charge is 0.494 e. The molecule has 0 spiro atoms. The molecule has 36 heavy (non-hydrogen) atoms. The van der Waals surface area contributed by atoms with Crippen molar-refractivity contribution >= 4 is 16.0 Å². The normalized spacial score (nSPS) is 19.6. The van der Waals surface area contributed by atoms with Crippen molar-refractivity contribution in [2.75, 3.05) is 25.5 Å². The van der Waals surface area contributed by atoms with Crippen LogP contribution < -0.4 is 14.2 Å². The van der Waals surface area contributed by atoms with E-state index in [4.69, 9.17) is 14.2 Å². The Labute approximate surface area is 211 Å². The van der Waals surface area contributed by atoms with Crippen molar-refractivity contribution in [2.45, 2.75) is 57.3 Å². The number of hydrogen-bond donors (Lipinski definition) is 1. The van der Waals surface area contributed by atoms with Gasteiger partial charge in [-0.15, -0.1) is 10.2 Å². The van der Waals surface area contributed by atoms with Gasteiger partial charge in [0.05, 0.1) is 25.6 Å². The zero-order chi connectivity index (χ0) is 26.0. The maximum absolute atomic E-state index is 13.5. The van der Waals surface area contributed by atoms with E-state index in [1.807, 2.05) is 13.8 Å². The number of hydrogen-bond acceptors (Lipinski definition) is 9. The van der Waals surface area contributed by atoms with Gasteiger partial charge in [-0.05, 0) is 44.9 Å². The number of anilines is 1. The second-order valence-electron chi connectivity index (χ2n) is 8.96. The highest BCUT2D eigenvalue weighted by molar-refractivity contribution is 7.93. The predicted octanol–water partition coefficient (Wildman–Crippen LogP) is 3.21. The number of ether oxygens (including phenoxy) is 3. The maximum Gasteiger partial charge on any atom is 0.243 e. The molecule has 0 bridgehead atoms. The molecule has 2 aromatic heterocycles. The molecule has 4 rings (SSSR count). The first kappa shape index (κ1) is 25.8. The van der Waals surface area contributed by atoms with Gasteiger partial charge in [-0.25, -0.2) is 18.4 Å². The summed E-state index contributed by atoms with van der Waals surface area (Å²) in [6.45, 7) is 7.82. The van der Waals surface area contributed by atoms with Crippen molar-refractivity contribution in [1.29, 1.82) is 0 Å². The van der Waals surface area contributed by atoms with Crippen LogP contribution in [-0.4, -0.2) is 65.3 Å². The smallest absolute Gasteiger partial charge is 0.243 e. The SMILES string of the molecule is COc1cccc(OC)c1-n1c(NS(=O)(=O)C(C)C(C)c2ncc(C)cn2)nnc1[C@@H]1CCO[C@@H]1C. The Hall–Kier alpha value is -3.25. The third kappa shape index (κ3) is 4.87. The summed E-state index contributed by atoms with van der Waals surface area (Å²) in [6.07, 6.45) is 3.96. The maximum atomic E-state index is 13.5. The summed E-state index contributed by atoms with van der Waals surface area (Å²) < 4.78 is 48.4. The summed E-state index contributed by atoms with van der Waals surface area (Å²) in [6, 6.07) is 5.34. The minimum absolute atomic E-state index is 0.0378. The van der Waals surface area contributed by atoms with Gasteiger partial charge in [-0.1, -0.05) is 13.0 Å². The number of nitrogens with zero attached hydrogens (tertiary/aromatic N) is 5. The van der Waals surface area contributed by atoms with E-state index < -0.39 is 21.2 Å². The van der Waals surface area contributed by atoms with E-state index in [2.05, 4.69) is 24.9 Å². The molecule has 1 fully saturated rings. The summed E-state index contributed by atoms with van der Waals surface area (Å²) in [7, 11) is -0.849. The summed E-state index contributed by atoms with van der Waals surface area (Å²) in [5.41, 5.74) is 1.40. The van der Waals surface area contributed by atoms with Crippen LogP contribution >= 0.6 is 0 Å². The molecule has 194 valence electrons. The highest BCUT2D eigenvalue weighted by atomic mass is 32.2. The van der Waals surface area contributed by atoms with Crippen LogP contribution in [-0.2, 0) is 14.8 Å². The van der Waals surface area contributed by atoms with Gasteiger partial charge in [0.15, 0.2) is 0 Å². The minimum atomic E-state index is -3.93. The number of para-hydroxylation sites is 1. The molecule has 1 aromatic carbocycles. The first-order valence-corrected chi connectivity index (χ1v) is 13.3. The van der Waals surface area contributed by atoms with Gasteiger partial charge in [-0.3, -0.25) is 9.29 Å². The van der Waals surface area contributed by atoms with Crippen molar-refractivity contribution in [3.63, 3.8) is 0 Å². The molecule has 12 heteroatoms. The van der Waals surface area contributed by atoms with Gasteiger partial charge < -0.3 is 14.2 Å². The molecule has 3 heterocycles. The van der Waals surface area contributed by atoms with E-state index in [9.17, 15) is 8.42 Å². The Kier molecular flexibility index (Phi) is 7.46. The van der Waals surface area contributed by atoms with Gasteiger partial charge in [0.2, 0.25) is 16.0 Å². The molecule has 3 aromatic rings. The van der Waals surface area contributed by atoms with Crippen LogP contribution in [0.15, 0.2) is 30.6 Å². The second-order valence-corrected chi connectivity index (χ2v) is 11.0. The van der Waals surface area contributed by atoms with Crippen molar-refractivity contribution in [1.82, 2.24) is 24.7 Å². The zero-order valence-electron chi connectivity index (χ0n) is 21.3. The Balaban J connectivity index is 1.78. The molecule has 0 aliphatic carbocycles. The van der Waals surface area contributed by atoms with E-state index >= 15 is 0 Å². The summed E-state index contributed by atoms with van der Waals surface area (Å²) in [4.78, 5) is 8.62. The van der Waals surface area contributed by atoms with Crippen LogP contribution in [0.1, 0.15) is 56.2 Å². The molecule has 1 saturated heterocycles. The molecule has 1 aliphatic heterocycles. The number of nitrogens with one attached hydrogen (secondary N) is 1. The molecule has 11 nitrogen and oxygen atoms in total. The van der Waals surface area contributed by atoms with Gasteiger partial charge in [-0.2, -0.15) is 0 Å². The summed E-state index contributed by atoms with van der Waals surface area (Å²) in [5, 5.41) is 7.80. The van der Waals surface area contributed by atoms with Gasteiger partial charge in [0.1, 0.15) is 28.8 Å². The fourth-order valence-electron chi connectivity index (χ4n) is 4.28. The monoisotopic (exact) mass is 516 g/mol. The minimum Gasteiger partial charge on any atom is -0.494 e. The van der Waals surface area contributed by atoms with E-state index in [0.29, 0.717) is 35.4 Å². The van der Waals surface area contributed by atoms with Crippen LogP contribution in [0.5, 0.6) is 11.5 Å². The molecular formula is C24H32N6O5S. The fourth-order valence-corrected chi connectivity index (χ4v) is 5.51. The average Bonchev–Trinajstić information content (AvgIpc) is 3.47. The van der Waals surface area contributed by atoms with Crippen LogP contribution in [0.4, 0.5) is 5.95 Å². The Bertz CT molecular complexity index is 1290. The topological polar surface area (TPSA) is 130 Å². The molecule has 1 N–H and O–H groups in total. The molecule has 0 radical (unpaired) electrons. The van der Waals surface area contributed by atoms with E-state index in [-0.39, 0.29) is 18.0 Å². The lowest BCUT2D eigenvalue weighted by Gasteiger charge is -2.22. The van der Waals surface area contributed by atoms with Crippen LogP contribution in [0.25, 0.3) is 5.69 Å². The van der Waals surface area contributed by atoms with Gasteiger partial charge in [0.25, 0.3) is 0 Å². The van der Waals surface area contributed by atoms with Crippen molar-refractivity contribution in [2.24, 2.45) is 0 Å². The van der Waals surface area contributed by atoms with Gasteiger partial charge >= 0.3 is 0 Å². The number of aromatic nitrogens is 5. The lowest BCUT2D eigenvalue weighted by atomic mass is 10.0. The molecular weight excluding hydrogens is 484 g/mol. The van der Waals surface area contributed by atoms with Crippen molar-refractivity contribution in [3.05, 3.63) is 47.8 Å². The Morgan fingerprint density at radius 1 is 1.11 bits per heavy atom. The van der Waals surface area contributed by atoms with E-state index in [0.717, 1.165) is 12.0 Å². The average molecular weight is 517 g/mol. The summed E-state index contributed by atoms with van der Waals surface area (Å²) >= 11 is 0. The molecule has 2 unspecified atom stereocenters. The lowest BCUT2D eigenvalue weighted by molar-refractivity contribution is 0.117. The van der Waals surface area contributed by atoms with Crippen LogP contribution in [0.3, 0.4) is 0 Å². The van der Waals surface area contributed by atoms with Crippen molar-refractivity contribution < 1.29 is 22.6 Å². The fraction of sp³-hybridized carbons (Fsp3) is 0.500. The lowest BCUT2D eigenvalue weighted by Crippen LogP contribution is -2.31. The Morgan fingerprint density at radius 3 is 2.31 bits per heavy atom. The Morgan fingerprint density at radius 2 is 1.75 bits per heavy atom. The molecule has 1 aliphatic rings. The number of methoxy groups -OCH3 is 2. The first-order chi connectivity index (χ1) is 17.2. The summed E-state index contributed by atoms with van der Waals surface area (Å²) in [5.74, 6) is 1.45. The predicted molar refractivity (Wildman–Crippen MR) is 134 cm³/mol. The highest BCUT2D eigenvalue weighted by Crippen LogP contribution is 2.39. The number of sulfonamides is 1. The van der Waals surface area contributed by atoms with Gasteiger partial charge in [0, 0.05) is 30.8 Å². The third-order valence-corrected chi connectivity index (χ3v) is 8.51. The van der Waals surface area contributed by atoms with Crippen molar-refractivity contribution in [3.8, 4) is 17.2 Å². The standard InChI is InChI=1S/C24H32N6O5S/c1-14-12-25-22(26-13-14)15(2)17(4)36(31,32)29-24-28-27-23(18-10-11-35-16(18)3)30(24)21-19(33-5)8-7-9-20(21)34-6/h7-9,12-13,15-18H,10-11H2,1-6H3,(H,28,29)/t15?,16-,17?,18-/m1/s1. The molecule has 0 amide bonds. The van der Waals surface area contributed by atoms with E-state index in [1.165, 1.54) is 0 Å². The number of benzene rings is 1. The van der Waals surface area contributed by atoms with Crippen LogP contribution in [0, 0.1) is 6.92 Å². The van der Waals surface area contributed by atoms with Crippen LogP contribution in [0.2, 0.25) is 0 Å². The van der Waals surface area contributed by atoms with E-state index in [1.54, 1.807) is 63.2 Å². The number of aryl methyl sites for hydroxylation is 1. The first-order valence-electron chi connectivity index (χ1n) is 11.8. The molecule has 4 atom stereocenters. The number of rotatable bonds is 9. The third-order valence-electron chi connectivity index (χ3n) is 6.66. The zero-order valence-corrected chi connectivity index (χ0v) is 22.1. The molecule has 0 saturated carbocycles.